The summed E-state index contributed by atoms with van der Waals surface area (Å²) in [6, 6.07) is 7.98. The fourth-order valence-electron chi connectivity index (χ4n) is 1.69. The van der Waals surface area contributed by atoms with Crippen LogP contribution >= 0.6 is 0 Å². The van der Waals surface area contributed by atoms with E-state index in [9.17, 15) is 9.18 Å². The van der Waals surface area contributed by atoms with Crippen molar-refractivity contribution in [1.82, 2.24) is 4.98 Å². The number of hydrogen-bond acceptors (Lipinski definition) is 2. The molecule has 1 aromatic heterocycles. The first-order chi connectivity index (χ1) is 8.18. The summed E-state index contributed by atoms with van der Waals surface area (Å²) in [6.07, 6.45) is 2.85. The number of nitrogens with zero attached hydrogens (tertiary/aromatic N) is 1. The molecule has 3 nitrogen and oxygen atoms in total. The second-order valence-corrected chi connectivity index (χ2v) is 3.57. The highest BCUT2D eigenvalue weighted by atomic mass is 19.1. The van der Waals surface area contributed by atoms with Gasteiger partial charge in [-0.05, 0) is 29.3 Å². The van der Waals surface area contributed by atoms with Crippen molar-refractivity contribution in [2.75, 3.05) is 0 Å². The van der Waals surface area contributed by atoms with Gasteiger partial charge in [-0.1, -0.05) is 12.1 Å². The van der Waals surface area contributed by atoms with Crippen LogP contribution in [0, 0.1) is 5.82 Å². The Labute approximate surface area is 97.6 Å². The number of carboxylic acids is 1. The molecule has 2 rings (SSSR count). The normalized spacial score (nSPS) is 10.2. The number of aliphatic carboxylic acids is 1. The minimum atomic E-state index is -1.05. The van der Waals surface area contributed by atoms with Gasteiger partial charge in [0.05, 0.1) is 6.42 Å². The molecule has 0 spiro atoms. The average Bonchev–Trinajstić information content (AvgIpc) is 2.32. The minimum absolute atomic E-state index is 0.200. The maximum Gasteiger partial charge on any atom is 0.307 e. The van der Waals surface area contributed by atoms with Crippen LogP contribution in [0.1, 0.15) is 5.56 Å². The van der Waals surface area contributed by atoms with Crippen molar-refractivity contribution in [3.63, 3.8) is 0 Å². The fraction of sp³-hybridized carbons (Fsp3) is 0.0769. The summed E-state index contributed by atoms with van der Waals surface area (Å²) in [7, 11) is 0. The fourth-order valence-corrected chi connectivity index (χ4v) is 1.69. The third kappa shape index (κ3) is 2.47. The van der Waals surface area contributed by atoms with Gasteiger partial charge in [-0.2, -0.15) is 0 Å². The summed E-state index contributed by atoms with van der Waals surface area (Å²) in [5, 5.41) is 8.78. The van der Waals surface area contributed by atoms with Gasteiger partial charge in [0.1, 0.15) is 5.82 Å². The van der Waals surface area contributed by atoms with E-state index < -0.39 is 11.8 Å². The Hall–Kier alpha value is -2.23. The highest BCUT2D eigenvalue weighted by molar-refractivity contribution is 5.76. The molecule has 0 unspecified atom stereocenters. The molecule has 0 fully saturated rings. The van der Waals surface area contributed by atoms with Gasteiger partial charge in [-0.15, -0.1) is 0 Å². The molecule has 0 amide bonds. The van der Waals surface area contributed by atoms with Crippen molar-refractivity contribution in [3.8, 4) is 11.1 Å². The molecule has 1 N–H and O–H groups in total. The topological polar surface area (TPSA) is 50.2 Å². The van der Waals surface area contributed by atoms with Crippen molar-refractivity contribution in [3.05, 3.63) is 54.1 Å². The largest absolute Gasteiger partial charge is 0.481 e. The van der Waals surface area contributed by atoms with Gasteiger partial charge in [0.25, 0.3) is 0 Å². The highest BCUT2D eigenvalue weighted by Crippen LogP contribution is 2.25. The third-order valence-corrected chi connectivity index (χ3v) is 2.44. The van der Waals surface area contributed by atoms with Gasteiger partial charge in [0.2, 0.25) is 0 Å². The SMILES string of the molecule is O=C(O)Cc1c(F)cccc1-c1ccncc1. The predicted molar refractivity (Wildman–Crippen MR) is 61.0 cm³/mol. The van der Waals surface area contributed by atoms with Crippen LogP contribution in [0.2, 0.25) is 0 Å². The minimum Gasteiger partial charge on any atom is -0.481 e. The van der Waals surface area contributed by atoms with Crippen molar-refractivity contribution in [2.24, 2.45) is 0 Å². The molecule has 86 valence electrons. The van der Waals surface area contributed by atoms with Crippen LogP contribution < -0.4 is 0 Å². The summed E-state index contributed by atoms with van der Waals surface area (Å²) in [4.78, 5) is 14.6. The summed E-state index contributed by atoms with van der Waals surface area (Å²) in [5.41, 5.74) is 1.55. The molecule has 1 aromatic carbocycles. The Morgan fingerprint density at radius 1 is 1.24 bits per heavy atom. The third-order valence-electron chi connectivity index (χ3n) is 2.44. The van der Waals surface area contributed by atoms with Crippen LogP contribution in [0.25, 0.3) is 11.1 Å². The molecule has 0 aliphatic rings. The molecule has 0 aliphatic heterocycles. The summed E-state index contributed by atoms with van der Waals surface area (Å²) >= 11 is 0. The average molecular weight is 231 g/mol. The molecule has 4 heteroatoms. The van der Waals surface area contributed by atoms with Gasteiger partial charge in [0, 0.05) is 18.0 Å². The number of carbonyl (C=O) groups is 1. The van der Waals surface area contributed by atoms with Gasteiger partial charge >= 0.3 is 5.97 Å². The Kier molecular flexibility index (Phi) is 3.14. The first kappa shape index (κ1) is 11.3. The number of carboxylic acid groups (broad SMARTS) is 1. The molecule has 0 saturated heterocycles. The molecule has 0 atom stereocenters. The van der Waals surface area contributed by atoms with Gasteiger partial charge in [-0.3, -0.25) is 9.78 Å². The summed E-state index contributed by atoms with van der Waals surface area (Å²) in [5.74, 6) is -1.55. The number of aromatic nitrogens is 1. The van der Waals surface area contributed by atoms with E-state index >= 15 is 0 Å². The first-order valence-electron chi connectivity index (χ1n) is 5.08. The summed E-state index contributed by atoms with van der Waals surface area (Å²) in [6.45, 7) is 0. The number of halogens is 1. The molecular weight excluding hydrogens is 221 g/mol. The lowest BCUT2D eigenvalue weighted by atomic mass is 9.98. The predicted octanol–water partition coefficient (Wildman–Crippen LogP) is 2.51. The van der Waals surface area contributed by atoms with Crippen LogP contribution in [-0.4, -0.2) is 16.1 Å². The molecule has 0 aliphatic carbocycles. The Bertz CT molecular complexity index is 540. The lowest BCUT2D eigenvalue weighted by molar-refractivity contribution is -0.136. The standard InChI is InChI=1S/C13H10FNO2/c14-12-3-1-2-10(11(12)8-13(16)17)9-4-6-15-7-5-9/h1-7H,8H2,(H,16,17). The van der Waals surface area contributed by atoms with Crippen LogP contribution in [0.15, 0.2) is 42.7 Å². The van der Waals surface area contributed by atoms with Gasteiger partial charge in [-0.25, -0.2) is 4.39 Å². The van der Waals surface area contributed by atoms with E-state index in [-0.39, 0.29) is 12.0 Å². The van der Waals surface area contributed by atoms with Crippen molar-refractivity contribution in [2.45, 2.75) is 6.42 Å². The number of pyridine rings is 1. The zero-order valence-electron chi connectivity index (χ0n) is 8.93. The molecule has 2 aromatic rings. The zero-order chi connectivity index (χ0) is 12.3. The quantitative estimate of drug-likeness (QED) is 0.883. The van der Waals surface area contributed by atoms with E-state index in [0.717, 1.165) is 5.56 Å². The van der Waals surface area contributed by atoms with Gasteiger partial charge < -0.3 is 5.11 Å². The van der Waals surface area contributed by atoms with E-state index in [2.05, 4.69) is 4.98 Å². The maximum atomic E-state index is 13.6. The number of hydrogen-bond donors (Lipinski definition) is 1. The lowest BCUT2D eigenvalue weighted by Gasteiger charge is -2.08. The van der Waals surface area contributed by atoms with Crippen molar-refractivity contribution < 1.29 is 14.3 Å². The second-order valence-electron chi connectivity index (χ2n) is 3.57. The molecule has 0 radical (unpaired) electrons. The molecule has 17 heavy (non-hydrogen) atoms. The van der Waals surface area contributed by atoms with Crippen LogP contribution in [0.5, 0.6) is 0 Å². The van der Waals surface area contributed by atoms with Gasteiger partial charge in [0.15, 0.2) is 0 Å². The Morgan fingerprint density at radius 2 is 1.94 bits per heavy atom. The van der Waals surface area contributed by atoms with E-state index in [1.54, 1.807) is 36.7 Å². The van der Waals surface area contributed by atoms with E-state index in [4.69, 9.17) is 5.11 Å². The maximum absolute atomic E-state index is 13.6. The van der Waals surface area contributed by atoms with E-state index in [1.807, 2.05) is 0 Å². The van der Waals surface area contributed by atoms with E-state index in [0.29, 0.717) is 5.56 Å². The molecule has 0 bridgehead atoms. The smallest absolute Gasteiger partial charge is 0.307 e. The number of benzene rings is 1. The zero-order valence-corrected chi connectivity index (χ0v) is 8.93. The van der Waals surface area contributed by atoms with Crippen LogP contribution in [0.4, 0.5) is 4.39 Å². The Balaban J connectivity index is 2.54. The highest BCUT2D eigenvalue weighted by Gasteiger charge is 2.13. The Morgan fingerprint density at radius 3 is 2.59 bits per heavy atom. The molecular formula is C13H10FNO2. The van der Waals surface area contributed by atoms with Crippen LogP contribution in [-0.2, 0) is 11.2 Å². The lowest BCUT2D eigenvalue weighted by Crippen LogP contribution is -2.04. The second kappa shape index (κ2) is 4.74. The van der Waals surface area contributed by atoms with E-state index in [1.165, 1.54) is 6.07 Å². The number of rotatable bonds is 3. The van der Waals surface area contributed by atoms with Crippen molar-refractivity contribution >= 4 is 5.97 Å². The first-order valence-corrected chi connectivity index (χ1v) is 5.08. The van der Waals surface area contributed by atoms with Crippen LogP contribution in [0.3, 0.4) is 0 Å². The summed E-state index contributed by atoms with van der Waals surface area (Å²) < 4.78 is 13.6. The molecule has 1 heterocycles. The monoisotopic (exact) mass is 231 g/mol. The molecule has 0 saturated carbocycles. The van der Waals surface area contributed by atoms with Crippen molar-refractivity contribution in [1.29, 1.82) is 0 Å².